The predicted molar refractivity (Wildman–Crippen MR) is 137 cm³/mol. The highest BCUT2D eigenvalue weighted by atomic mass is 16.6. The molecule has 0 saturated carbocycles. The van der Waals surface area contributed by atoms with Gasteiger partial charge < -0.3 is 14.2 Å². The van der Waals surface area contributed by atoms with Gasteiger partial charge in [-0.2, -0.15) is 5.10 Å². The molecule has 0 bridgehead atoms. The average Bonchev–Trinajstić information content (AvgIpc) is 2.92. The van der Waals surface area contributed by atoms with Crippen LogP contribution in [0.3, 0.4) is 0 Å². The quantitative estimate of drug-likeness (QED) is 0.129. The van der Waals surface area contributed by atoms with Crippen molar-refractivity contribution in [3.8, 4) is 17.2 Å². The Morgan fingerprint density at radius 1 is 1.05 bits per heavy atom. The van der Waals surface area contributed by atoms with Crippen LogP contribution in [0.4, 0.5) is 5.69 Å². The average molecular weight is 506 g/mol. The lowest BCUT2D eigenvalue weighted by molar-refractivity contribution is -0.384. The number of benzene rings is 3. The van der Waals surface area contributed by atoms with E-state index in [9.17, 15) is 19.7 Å². The number of nitrogens with one attached hydrogen (secondary N) is 1. The Morgan fingerprint density at radius 3 is 2.38 bits per heavy atom. The van der Waals surface area contributed by atoms with Crippen LogP contribution < -0.4 is 19.6 Å². The molecule has 3 aromatic carbocycles. The number of nitrogens with zero attached hydrogens (tertiary/aromatic N) is 2. The van der Waals surface area contributed by atoms with Crippen molar-refractivity contribution in [3.05, 3.63) is 93.5 Å². The molecule has 0 aliphatic heterocycles. The van der Waals surface area contributed by atoms with E-state index in [4.69, 9.17) is 14.2 Å². The van der Waals surface area contributed by atoms with Crippen LogP contribution in [0.5, 0.6) is 17.2 Å². The fourth-order valence-electron chi connectivity index (χ4n) is 3.22. The summed E-state index contributed by atoms with van der Waals surface area (Å²) in [4.78, 5) is 34.6. The summed E-state index contributed by atoms with van der Waals surface area (Å²) in [6.45, 7) is 4.09. The Kier molecular flexibility index (Phi) is 9.31. The van der Waals surface area contributed by atoms with E-state index >= 15 is 0 Å². The molecule has 192 valence electrons. The number of hydrazone groups is 1. The van der Waals surface area contributed by atoms with Gasteiger partial charge >= 0.3 is 5.97 Å². The lowest BCUT2D eigenvalue weighted by Gasteiger charge is -2.10. The van der Waals surface area contributed by atoms with Gasteiger partial charge in [-0.15, -0.1) is 0 Å². The highest BCUT2D eigenvalue weighted by Gasteiger charge is 2.14. The first-order valence-electron chi connectivity index (χ1n) is 11.5. The zero-order valence-corrected chi connectivity index (χ0v) is 20.7. The van der Waals surface area contributed by atoms with Crippen LogP contribution in [0.2, 0.25) is 0 Å². The van der Waals surface area contributed by atoms with Crippen molar-refractivity contribution in [2.24, 2.45) is 5.10 Å². The van der Waals surface area contributed by atoms with Crippen LogP contribution in [0.15, 0.2) is 71.8 Å². The third-order valence-electron chi connectivity index (χ3n) is 5.54. The van der Waals surface area contributed by atoms with Crippen molar-refractivity contribution in [1.29, 1.82) is 0 Å². The van der Waals surface area contributed by atoms with Crippen LogP contribution in [-0.4, -0.2) is 36.7 Å². The number of methoxy groups -OCH3 is 1. The minimum atomic E-state index is -0.698. The monoisotopic (exact) mass is 505 g/mol. The number of nitro groups is 1. The van der Waals surface area contributed by atoms with Crippen LogP contribution in [-0.2, 0) is 4.79 Å². The summed E-state index contributed by atoms with van der Waals surface area (Å²) in [6.07, 6.45) is 2.45. The first-order chi connectivity index (χ1) is 17.8. The number of non-ortho nitro benzene ring substituents is 1. The SMILES string of the molecule is CC[C@@H](C)c1ccc(OCC(=O)N/N=C/c2ccc(OC(=O)c3ccc([N+](=O)[O-])cc3)c(OC)c2)cc1. The highest BCUT2D eigenvalue weighted by molar-refractivity contribution is 5.92. The second-order valence-corrected chi connectivity index (χ2v) is 8.06. The molecule has 0 aliphatic rings. The Labute approximate surface area is 214 Å². The number of carbonyl (C=O) groups excluding carboxylic acids is 2. The van der Waals surface area contributed by atoms with Crippen molar-refractivity contribution in [2.45, 2.75) is 26.2 Å². The summed E-state index contributed by atoms with van der Waals surface area (Å²) in [5, 5.41) is 14.7. The number of hydrogen-bond acceptors (Lipinski definition) is 8. The molecule has 3 aromatic rings. The molecule has 3 rings (SSSR count). The summed E-state index contributed by atoms with van der Waals surface area (Å²) in [5.74, 6) is 0.338. The Morgan fingerprint density at radius 2 is 1.76 bits per heavy atom. The summed E-state index contributed by atoms with van der Waals surface area (Å²) < 4.78 is 16.1. The van der Waals surface area contributed by atoms with E-state index in [0.717, 1.165) is 6.42 Å². The standard InChI is InChI=1S/C27H27N3O7/c1-4-18(2)20-8-12-23(13-9-20)36-17-26(31)29-28-16-19-5-14-24(25(15-19)35-3)37-27(32)21-6-10-22(11-7-21)30(33)34/h5-16,18H,4,17H2,1-3H3,(H,29,31)/b28-16+/t18-/m1/s1. The molecule has 1 amide bonds. The van der Waals surface area contributed by atoms with E-state index in [-0.39, 0.29) is 29.4 Å². The highest BCUT2D eigenvalue weighted by Crippen LogP contribution is 2.28. The minimum absolute atomic E-state index is 0.132. The molecule has 0 unspecified atom stereocenters. The van der Waals surface area contributed by atoms with Crippen molar-refractivity contribution >= 4 is 23.8 Å². The lowest BCUT2D eigenvalue weighted by atomic mass is 9.99. The van der Waals surface area contributed by atoms with Gasteiger partial charge in [0.1, 0.15) is 5.75 Å². The molecular formula is C27H27N3O7. The first kappa shape index (κ1) is 26.9. The summed E-state index contributed by atoms with van der Waals surface area (Å²) >= 11 is 0. The van der Waals surface area contributed by atoms with Gasteiger partial charge in [0.25, 0.3) is 11.6 Å². The van der Waals surface area contributed by atoms with Crippen LogP contribution in [0.25, 0.3) is 0 Å². The molecule has 0 spiro atoms. The van der Waals surface area contributed by atoms with Gasteiger partial charge in [0.05, 0.1) is 23.8 Å². The Hall–Kier alpha value is -4.73. The summed E-state index contributed by atoms with van der Waals surface area (Å²) in [6, 6.07) is 17.4. The molecule has 1 atom stereocenters. The summed E-state index contributed by atoms with van der Waals surface area (Å²) in [7, 11) is 1.41. The van der Waals surface area contributed by atoms with E-state index in [1.807, 2.05) is 24.3 Å². The van der Waals surface area contributed by atoms with Crippen molar-refractivity contribution < 1.29 is 28.7 Å². The van der Waals surface area contributed by atoms with Gasteiger partial charge in [-0.1, -0.05) is 26.0 Å². The van der Waals surface area contributed by atoms with Crippen LogP contribution in [0.1, 0.15) is 47.7 Å². The zero-order chi connectivity index (χ0) is 26.8. The molecule has 10 heteroatoms. The number of rotatable bonds is 11. The van der Waals surface area contributed by atoms with Crippen LogP contribution >= 0.6 is 0 Å². The predicted octanol–water partition coefficient (Wildman–Crippen LogP) is 4.87. The molecular weight excluding hydrogens is 478 g/mol. The topological polar surface area (TPSA) is 129 Å². The van der Waals surface area contributed by atoms with Gasteiger partial charge in [-0.05, 0) is 65.9 Å². The summed E-state index contributed by atoms with van der Waals surface area (Å²) in [5.41, 5.74) is 4.20. The fraction of sp³-hybridized carbons (Fsp3) is 0.222. The van der Waals surface area contributed by atoms with E-state index in [0.29, 0.717) is 17.2 Å². The molecule has 0 heterocycles. The largest absolute Gasteiger partial charge is 0.493 e. The molecule has 37 heavy (non-hydrogen) atoms. The van der Waals surface area contributed by atoms with Gasteiger partial charge in [0.15, 0.2) is 18.1 Å². The maximum absolute atomic E-state index is 12.4. The molecule has 0 saturated heterocycles. The number of ether oxygens (including phenoxy) is 3. The van der Waals surface area contributed by atoms with Gasteiger partial charge in [0, 0.05) is 12.1 Å². The Balaban J connectivity index is 1.53. The maximum atomic E-state index is 12.4. The number of esters is 1. The van der Waals surface area contributed by atoms with E-state index in [1.165, 1.54) is 49.2 Å². The van der Waals surface area contributed by atoms with E-state index < -0.39 is 16.8 Å². The third kappa shape index (κ3) is 7.63. The third-order valence-corrected chi connectivity index (χ3v) is 5.54. The van der Waals surface area contributed by atoms with Crippen molar-refractivity contribution in [3.63, 3.8) is 0 Å². The molecule has 10 nitrogen and oxygen atoms in total. The number of carbonyl (C=O) groups is 2. The smallest absolute Gasteiger partial charge is 0.343 e. The molecule has 0 aliphatic carbocycles. The van der Waals surface area contributed by atoms with Crippen LogP contribution in [0, 0.1) is 10.1 Å². The van der Waals surface area contributed by atoms with E-state index in [1.54, 1.807) is 12.1 Å². The van der Waals surface area contributed by atoms with Gasteiger partial charge in [-0.25, -0.2) is 10.2 Å². The second-order valence-electron chi connectivity index (χ2n) is 8.06. The van der Waals surface area contributed by atoms with Gasteiger partial charge in [-0.3, -0.25) is 14.9 Å². The van der Waals surface area contributed by atoms with E-state index in [2.05, 4.69) is 24.4 Å². The molecule has 0 aromatic heterocycles. The molecule has 1 N–H and O–H groups in total. The first-order valence-corrected chi connectivity index (χ1v) is 11.5. The second kappa shape index (κ2) is 12.8. The van der Waals surface area contributed by atoms with Gasteiger partial charge in [0.2, 0.25) is 0 Å². The van der Waals surface area contributed by atoms with Crippen molar-refractivity contribution in [1.82, 2.24) is 5.43 Å². The minimum Gasteiger partial charge on any atom is -0.493 e. The number of amides is 1. The zero-order valence-electron chi connectivity index (χ0n) is 20.7. The fourth-order valence-corrected chi connectivity index (χ4v) is 3.22. The van der Waals surface area contributed by atoms with Crippen molar-refractivity contribution in [2.75, 3.05) is 13.7 Å². The Bertz CT molecular complexity index is 1270. The molecule has 0 radical (unpaired) electrons. The lowest BCUT2D eigenvalue weighted by Crippen LogP contribution is -2.24. The normalized spacial score (nSPS) is 11.5. The number of hydrogen-bond donors (Lipinski definition) is 1. The maximum Gasteiger partial charge on any atom is 0.343 e. The molecule has 0 fully saturated rings. The number of nitro benzene ring substituents is 1.